The van der Waals surface area contributed by atoms with Crippen LogP contribution < -0.4 is 10.6 Å². The van der Waals surface area contributed by atoms with E-state index >= 15 is 0 Å². The van der Waals surface area contributed by atoms with E-state index in [4.69, 9.17) is 5.73 Å². The Labute approximate surface area is 242 Å². The van der Waals surface area contributed by atoms with E-state index in [0.717, 1.165) is 5.56 Å². The fourth-order valence-corrected chi connectivity index (χ4v) is 7.23. The molecule has 5 rings (SSSR count). The van der Waals surface area contributed by atoms with Crippen molar-refractivity contribution in [2.24, 2.45) is 29.4 Å². The molecule has 4 unspecified atom stereocenters. The summed E-state index contributed by atoms with van der Waals surface area (Å²) in [6, 6.07) is 6.60. The molecule has 0 spiro atoms. The normalized spacial score (nSPS) is 28.8. The molecule has 0 heterocycles. The minimum absolute atomic E-state index is 0.0101. The Hall–Kier alpha value is -3.96. The van der Waals surface area contributed by atoms with Crippen LogP contribution in [0, 0.1) is 29.5 Å². The summed E-state index contributed by atoms with van der Waals surface area (Å²) in [5.41, 5.74) is 5.06. The van der Waals surface area contributed by atoms with E-state index < -0.39 is 64.4 Å². The lowest BCUT2D eigenvalue weighted by atomic mass is 9.52. The van der Waals surface area contributed by atoms with E-state index in [1.807, 2.05) is 4.90 Å². The second-order valence-corrected chi connectivity index (χ2v) is 12.1. The average Bonchev–Trinajstić information content (AvgIpc) is 2.90. The fraction of sp³-hybridized carbons (Fsp3) is 0.452. The Bertz CT molecular complexity index is 1520. The second kappa shape index (κ2) is 10.4. The van der Waals surface area contributed by atoms with E-state index in [-0.39, 0.29) is 30.0 Å². The Balaban J connectivity index is 1.59. The van der Waals surface area contributed by atoms with E-state index in [0.29, 0.717) is 29.7 Å². The number of primary amides is 1. The first-order valence-corrected chi connectivity index (χ1v) is 13.8. The van der Waals surface area contributed by atoms with Gasteiger partial charge >= 0.3 is 0 Å². The number of carbonyl (C=O) groups is 5. The Kier molecular flexibility index (Phi) is 7.31. The first-order chi connectivity index (χ1) is 19.7. The molecule has 2 aromatic carbocycles. The van der Waals surface area contributed by atoms with Gasteiger partial charge in [0.25, 0.3) is 0 Å². The van der Waals surface area contributed by atoms with Crippen LogP contribution in [-0.2, 0) is 38.4 Å². The van der Waals surface area contributed by atoms with Crippen molar-refractivity contribution in [3.8, 4) is 5.75 Å². The summed E-state index contributed by atoms with van der Waals surface area (Å²) in [5.74, 6) is -11.1. The molecule has 0 saturated heterocycles. The summed E-state index contributed by atoms with van der Waals surface area (Å²) in [4.78, 5) is 70.3. The lowest BCUT2D eigenvalue weighted by molar-refractivity contribution is -0.181. The van der Waals surface area contributed by atoms with Crippen LogP contribution in [0.1, 0.15) is 33.5 Å². The van der Waals surface area contributed by atoms with Gasteiger partial charge in [0, 0.05) is 25.7 Å². The summed E-state index contributed by atoms with van der Waals surface area (Å²) in [7, 11) is 6.68. The Morgan fingerprint density at radius 1 is 1.05 bits per heavy atom. The van der Waals surface area contributed by atoms with Gasteiger partial charge in [-0.3, -0.25) is 28.9 Å². The predicted molar refractivity (Wildman–Crippen MR) is 149 cm³/mol. The third kappa shape index (κ3) is 4.33. The quantitative estimate of drug-likeness (QED) is 0.422. The fourth-order valence-electron chi connectivity index (χ4n) is 7.23. The van der Waals surface area contributed by atoms with Crippen molar-refractivity contribution in [3.05, 3.63) is 58.4 Å². The number of Topliss-reactive ketones (excluding diaryl/α,β-unsaturated/α-hetero) is 4. The van der Waals surface area contributed by atoms with Crippen LogP contribution in [0.2, 0.25) is 0 Å². The highest BCUT2D eigenvalue weighted by molar-refractivity contribution is 6.32. The van der Waals surface area contributed by atoms with Gasteiger partial charge in [0.05, 0.1) is 17.5 Å². The highest BCUT2D eigenvalue weighted by atomic mass is 19.1. The third-order valence-corrected chi connectivity index (χ3v) is 9.19. The SMILES string of the molecule is CN(C)c1cc(CCc2ccc(F)cc2)c(O)c2c1CC1CC3[C@H](N(C)C)C(=O)C(C(N)=O)C(=O)[C@@]3(O)C(=O)C1C2=O. The molecular weight excluding hydrogens is 545 g/mol. The van der Waals surface area contributed by atoms with Crippen LogP contribution in [-0.4, -0.2) is 84.0 Å². The van der Waals surface area contributed by atoms with Crippen molar-refractivity contribution in [1.82, 2.24) is 4.90 Å². The molecule has 42 heavy (non-hydrogen) atoms. The summed E-state index contributed by atoms with van der Waals surface area (Å²) in [6.07, 6.45) is 0.941. The molecule has 2 saturated carbocycles. The molecule has 11 heteroatoms. The van der Waals surface area contributed by atoms with Crippen molar-refractivity contribution < 1.29 is 38.6 Å². The van der Waals surface area contributed by atoms with E-state index in [2.05, 4.69) is 0 Å². The van der Waals surface area contributed by atoms with Gasteiger partial charge in [-0.1, -0.05) is 12.1 Å². The topological polar surface area (TPSA) is 158 Å². The number of halogens is 1. The van der Waals surface area contributed by atoms with Crippen LogP contribution in [0.3, 0.4) is 0 Å². The standard InChI is InChI=1S/C31H34FN3O7/c1-34(2)20-13-15(8-5-14-6-9-17(32)10-7-14)25(36)22-18(20)11-16-12-19-24(35(3)4)27(38)23(30(33)41)29(40)31(19,42)28(39)21(16)26(22)37/h6-7,9-10,13,16,19,21,23-24,36,42H,5,8,11-12H2,1-4H3,(H2,33,41)/t16?,19?,21?,23?,24-,31-/m0/s1. The van der Waals surface area contributed by atoms with Crippen LogP contribution in [0.15, 0.2) is 30.3 Å². The smallest absolute Gasteiger partial charge is 0.235 e. The lowest BCUT2D eigenvalue weighted by Crippen LogP contribution is -2.74. The van der Waals surface area contributed by atoms with E-state index in [9.17, 15) is 38.6 Å². The zero-order valence-electron chi connectivity index (χ0n) is 23.9. The molecule has 3 aliphatic carbocycles. The zero-order chi connectivity index (χ0) is 30.8. The number of phenolic OH excluding ortho intramolecular Hbond substituents is 1. The van der Waals surface area contributed by atoms with Gasteiger partial charge in [0.15, 0.2) is 34.7 Å². The summed E-state index contributed by atoms with van der Waals surface area (Å²) in [5, 5.41) is 23.1. The summed E-state index contributed by atoms with van der Waals surface area (Å²) in [6.45, 7) is 0. The second-order valence-electron chi connectivity index (χ2n) is 12.1. The van der Waals surface area contributed by atoms with Crippen molar-refractivity contribution in [2.75, 3.05) is 33.1 Å². The number of likely N-dealkylation sites (N-methyl/N-ethyl adjacent to an activating group) is 1. The van der Waals surface area contributed by atoms with Gasteiger partial charge < -0.3 is 20.8 Å². The number of ketones is 4. The van der Waals surface area contributed by atoms with Crippen molar-refractivity contribution in [3.63, 3.8) is 0 Å². The first-order valence-electron chi connectivity index (χ1n) is 13.8. The molecular formula is C31H34FN3O7. The van der Waals surface area contributed by atoms with Gasteiger partial charge in [-0.2, -0.15) is 0 Å². The monoisotopic (exact) mass is 579 g/mol. The number of aromatic hydroxyl groups is 1. The van der Waals surface area contributed by atoms with Gasteiger partial charge in [-0.05, 0) is 80.6 Å². The number of nitrogens with two attached hydrogens (primary N) is 1. The number of aryl methyl sites for hydroxylation is 2. The highest BCUT2D eigenvalue weighted by Crippen LogP contribution is 2.52. The number of amides is 1. The molecule has 0 aromatic heterocycles. The molecule has 2 fully saturated rings. The number of fused-ring (bicyclic) bond motifs is 3. The maximum atomic E-state index is 14.1. The molecule has 4 N–H and O–H groups in total. The number of benzene rings is 2. The maximum Gasteiger partial charge on any atom is 0.235 e. The maximum absolute atomic E-state index is 14.1. The van der Waals surface area contributed by atoms with E-state index in [1.54, 1.807) is 46.4 Å². The summed E-state index contributed by atoms with van der Waals surface area (Å²) >= 11 is 0. The summed E-state index contributed by atoms with van der Waals surface area (Å²) < 4.78 is 13.4. The molecule has 3 aliphatic rings. The number of phenols is 1. The van der Waals surface area contributed by atoms with Gasteiger partial charge in [0.2, 0.25) is 5.91 Å². The van der Waals surface area contributed by atoms with Crippen LogP contribution >= 0.6 is 0 Å². The Morgan fingerprint density at radius 3 is 2.26 bits per heavy atom. The Morgan fingerprint density at radius 2 is 1.69 bits per heavy atom. The van der Waals surface area contributed by atoms with E-state index in [1.165, 1.54) is 17.0 Å². The molecule has 0 radical (unpaired) electrons. The molecule has 0 aliphatic heterocycles. The largest absolute Gasteiger partial charge is 0.507 e. The highest BCUT2D eigenvalue weighted by Gasteiger charge is 2.69. The number of rotatable bonds is 6. The third-order valence-electron chi connectivity index (χ3n) is 9.19. The number of hydrogen-bond donors (Lipinski definition) is 3. The number of hydrogen-bond acceptors (Lipinski definition) is 9. The van der Waals surface area contributed by atoms with Crippen LogP contribution in [0.4, 0.5) is 10.1 Å². The minimum Gasteiger partial charge on any atom is -0.507 e. The molecule has 222 valence electrons. The molecule has 2 aromatic rings. The van der Waals surface area contributed by atoms with Crippen molar-refractivity contribution >= 4 is 34.7 Å². The minimum atomic E-state index is -2.77. The number of aliphatic hydroxyl groups is 1. The molecule has 10 nitrogen and oxygen atoms in total. The average molecular weight is 580 g/mol. The van der Waals surface area contributed by atoms with Crippen LogP contribution in [0.5, 0.6) is 5.75 Å². The number of anilines is 1. The first kappa shape index (κ1) is 29.5. The number of carbonyl (C=O) groups excluding carboxylic acids is 5. The van der Waals surface area contributed by atoms with Gasteiger partial charge in [-0.25, -0.2) is 4.39 Å². The van der Waals surface area contributed by atoms with Crippen molar-refractivity contribution in [1.29, 1.82) is 0 Å². The zero-order valence-corrected chi connectivity index (χ0v) is 23.9. The van der Waals surface area contributed by atoms with Crippen LogP contribution in [0.25, 0.3) is 0 Å². The predicted octanol–water partition coefficient (Wildman–Crippen LogP) is 0.857. The van der Waals surface area contributed by atoms with Crippen molar-refractivity contribution in [2.45, 2.75) is 37.3 Å². The van der Waals surface area contributed by atoms with Gasteiger partial charge in [0.1, 0.15) is 11.6 Å². The number of nitrogens with zero attached hydrogens (tertiary/aromatic N) is 2. The van der Waals surface area contributed by atoms with Gasteiger partial charge in [-0.15, -0.1) is 0 Å². The molecule has 1 amide bonds. The lowest BCUT2D eigenvalue weighted by Gasteiger charge is -2.52. The molecule has 6 atom stereocenters. The molecule has 0 bridgehead atoms.